The van der Waals surface area contributed by atoms with Crippen molar-refractivity contribution in [3.63, 3.8) is 0 Å². The zero-order valence-electron chi connectivity index (χ0n) is 26.5. The first-order valence-electron chi connectivity index (χ1n) is 14.9. The molecule has 0 fully saturated rings. The van der Waals surface area contributed by atoms with Crippen molar-refractivity contribution in [3.8, 4) is 0 Å². The normalized spacial score (nSPS) is 11.5. The summed E-state index contributed by atoms with van der Waals surface area (Å²) in [5, 5.41) is 0. The Morgan fingerprint density at radius 2 is 1.17 bits per heavy atom. The van der Waals surface area contributed by atoms with Gasteiger partial charge in [0.1, 0.15) is 6.54 Å². The van der Waals surface area contributed by atoms with Crippen LogP contribution in [0, 0.1) is 0 Å². The van der Waals surface area contributed by atoms with E-state index in [1.54, 1.807) is 13.8 Å². The molecular formula is C31H44N3O11P. The second-order valence-electron chi connectivity index (χ2n) is 10.1. The van der Waals surface area contributed by atoms with Gasteiger partial charge >= 0.3 is 26.0 Å². The fourth-order valence-electron chi connectivity index (χ4n) is 3.54. The number of nitrogens with zero attached hydrogens (tertiary/aromatic N) is 2. The summed E-state index contributed by atoms with van der Waals surface area (Å²) < 4.78 is 53.4. The third kappa shape index (κ3) is 17.4. The summed E-state index contributed by atoms with van der Waals surface area (Å²) >= 11 is 0. The van der Waals surface area contributed by atoms with E-state index in [-0.39, 0.29) is 71.1 Å². The molecule has 2 rings (SSSR count). The fourth-order valence-corrected chi connectivity index (χ4v) is 4.85. The van der Waals surface area contributed by atoms with E-state index in [4.69, 9.17) is 38.5 Å². The molecule has 0 spiro atoms. The maximum absolute atomic E-state index is 13.4. The number of likely N-dealkylation sites (N-methyl/N-ethyl adjacent to an activating group) is 1. The molecule has 0 saturated heterocycles. The number of carbonyl (C=O) groups excluding carboxylic acids is 3. The summed E-state index contributed by atoms with van der Waals surface area (Å²) in [6.45, 7) is 2.96. The van der Waals surface area contributed by atoms with Gasteiger partial charge in [0, 0.05) is 32.7 Å². The minimum Gasteiger partial charge on any atom is -0.462 e. The molecule has 0 aliphatic carbocycles. The monoisotopic (exact) mass is 665 g/mol. The number of ether oxygens (including phenoxy) is 5. The number of carbonyl (C=O) groups is 3. The van der Waals surface area contributed by atoms with Crippen LogP contribution in [-0.4, -0.2) is 88.5 Å². The van der Waals surface area contributed by atoms with E-state index in [2.05, 4.69) is 4.76 Å². The van der Waals surface area contributed by atoms with Crippen molar-refractivity contribution in [1.82, 2.24) is 4.90 Å². The van der Waals surface area contributed by atoms with Gasteiger partial charge in [0.15, 0.2) is 0 Å². The molecule has 14 nitrogen and oxygen atoms in total. The van der Waals surface area contributed by atoms with E-state index in [0.717, 1.165) is 11.1 Å². The van der Waals surface area contributed by atoms with Crippen molar-refractivity contribution >= 4 is 32.0 Å². The Morgan fingerprint density at radius 1 is 0.739 bits per heavy atom. The second-order valence-corrected chi connectivity index (χ2v) is 11.7. The standard InChI is InChI=1S/C31H44N3O11P/c1-25(2)45-28(35)24-34(3)29(32)33-46(38,43-20-10-18-39-30(36)41-22-16-26-12-6-4-7-13-26)44-21-11-19-40-31(37)42-23-17-27-14-8-5-9-15-27/h4-9,12-15,25H,10-11,16-24H2,1-3H3,(H2,32,33,38). The van der Waals surface area contributed by atoms with Crippen LogP contribution in [0.3, 0.4) is 0 Å². The SMILES string of the molecule is CC(C)OC(=O)CN(C)C(N)=NP(=O)(OCCCOC(=O)OCCc1ccccc1)OCCCOC(=O)OCCc1ccccc1. The van der Waals surface area contributed by atoms with Gasteiger partial charge in [0.05, 0.1) is 45.7 Å². The first-order valence-corrected chi connectivity index (χ1v) is 16.4. The van der Waals surface area contributed by atoms with Gasteiger partial charge in [-0.05, 0) is 25.0 Å². The maximum Gasteiger partial charge on any atom is 0.508 e. The van der Waals surface area contributed by atoms with Crippen molar-refractivity contribution in [2.75, 3.05) is 53.2 Å². The van der Waals surface area contributed by atoms with Gasteiger partial charge in [-0.3, -0.25) is 13.8 Å². The number of esters is 1. The number of hydrogen-bond donors (Lipinski definition) is 1. The Labute approximate surface area is 269 Å². The highest BCUT2D eigenvalue weighted by atomic mass is 31.2. The quantitative estimate of drug-likeness (QED) is 0.0506. The van der Waals surface area contributed by atoms with Gasteiger partial charge in [-0.1, -0.05) is 60.7 Å². The van der Waals surface area contributed by atoms with Gasteiger partial charge in [0.2, 0.25) is 5.96 Å². The van der Waals surface area contributed by atoms with Crippen molar-refractivity contribution in [2.24, 2.45) is 10.5 Å². The number of rotatable bonds is 20. The Morgan fingerprint density at radius 3 is 1.61 bits per heavy atom. The highest BCUT2D eigenvalue weighted by Gasteiger charge is 2.26. The van der Waals surface area contributed by atoms with Crippen LogP contribution in [0.15, 0.2) is 65.4 Å². The number of guanidine groups is 1. The lowest BCUT2D eigenvalue weighted by atomic mass is 10.2. The summed E-state index contributed by atoms with van der Waals surface area (Å²) in [5.41, 5.74) is 8.00. The van der Waals surface area contributed by atoms with Gasteiger partial charge in [0.25, 0.3) is 0 Å². The molecule has 15 heteroatoms. The molecule has 2 aromatic rings. The van der Waals surface area contributed by atoms with Crippen molar-refractivity contribution in [3.05, 3.63) is 71.8 Å². The Bertz CT molecular complexity index is 1190. The molecule has 254 valence electrons. The molecule has 0 aliphatic heterocycles. The lowest BCUT2D eigenvalue weighted by Crippen LogP contribution is -2.38. The van der Waals surface area contributed by atoms with Gasteiger partial charge in [-0.15, -0.1) is 4.76 Å². The van der Waals surface area contributed by atoms with Crippen LogP contribution >= 0.6 is 7.75 Å². The number of nitrogens with two attached hydrogens (primary N) is 1. The van der Waals surface area contributed by atoms with E-state index >= 15 is 0 Å². The molecule has 0 bridgehead atoms. The van der Waals surface area contributed by atoms with Crippen LogP contribution in [0.2, 0.25) is 0 Å². The predicted octanol–water partition coefficient (Wildman–Crippen LogP) is 4.90. The molecule has 0 aliphatic rings. The largest absolute Gasteiger partial charge is 0.508 e. The average Bonchev–Trinajstić information content (AvgIpc) is 3.01. The Balaban J connectivity index is 1.79. The van der Waals surface area contributed by atoms with Crippen LogP contribution < -0.4 is 5.73 Å². The molecular weight excluding hydrogens is 621 g/mol. The van der Waals surface area contributed by atoms with E-state index in [9.17, 15) is 18.9 Å². The summed E-state index contributed by atoms with van der Waals surface area (Å²) in [4.78, 5) is 36.9. The minimum atomic E-state index is -4.21. The lowest BCUT2D eigenvalue weighted by molar-refractivity contribution is -0.147. The van der Waals surface area contributed by atoms with Crippen LogP contribution in [0.4, 0.5) is 9.59 Å². The minimum absolute atomic E-state index is 0.0788. The smallest absolute Gasteiger partial charge is 0.462 e. The summed E-state index contributed by atoms with van der Waals surface area (Å²) in [6.07, 6.45) is -0.636. The molecule has 0 aromatic heterocycles. The lowest BCUT2D eigenvalue weighted by Gasteiger charge is -2.20. The van der Waals surface area contributed by atoms with Crippen LogP contribution in [0.1, 0.15) is 37.8 Å². The zero-order chi connectivity index (χ0) is 33.6. The van der Waals surface area contributed by atoms with Crippen molar-refractivity contribution < 1.29 is 51.7 Å². The third-order valence-electron chi connectivity index (χ3n) is 5.78. The maximum atomic E-state index is 13.4. The number of benzene rings is 2. The predicted molar refractivity (Wildman–Crippen MR) is 169 cm³/mol. The summed E-state index contributed by atoms with van der Waals surface area (Å²) in [7, 11) is -2.75. The van der Waals surface area contributed by atoms with Crippen molar-refractivity contribution in [1.29, 1.82) is 0 Å². The van der Waals surface area contributed by atoms with Crippen LogP contribution in [0.5, 0.6) is 0 Å². The van der Waals surface area contributed by atoms with E-state index < -0.39 is 26.0 Å². The topological polar surface area (TPSA) is 175 Å². The van der Waals surface area contributed by atoms with Gasteiger partial charge in [-0.25, -0.2) is 14.2 Å². The highest BCUT2D eigenvalue weighted by molar-refractivity contribution is 7.52. The summed E-state index contributed by atoms with van der Waals surface area (Å²) in [5.74, 6) is -0.853. The first-order chi connectivity index (χ1) is 22.1. The second kappa shape index (κ2) is 21.6. The number of hydrogen-bond acceptors (Lipinski definition) is 11. The fraction of sp³-hybridized carbons (Fsp3) is 0.484. The van der Waals surface area contributed by atoms with Crippen molar-refractivity contribution in [2.45, 2.75) is 45.6 Å². The average molecular weight is 666 g/mol. The molecule has 2 N–H and O–H groups in total. The van der Waals surface area contributed by atoms with E-state index in [1.165, 1.54) is 11.9 Å². The van der Waals surface area contributed by atoms with Crippen LogP contribution in [0.25, 0.3) is 0 Å². The zero-order valence-corrected chi connectivity index (χ0v) is 27.4. The Kier molecular flexibility index (Phi) is 17.9. The first kappa shape index (κ1) is 38.1. The molecule has 0 heterocycles. The molecule has 0 unspecified atom stereocenters. The molecule has 0 amide bonds. The molecule has 2 aromatic carbocycles. The Hall–Kier alpha value is -4.13. The van der Waals surface area contributed by atoms with Gasteiger partial charge < -0.3 is 34.3 Å². The molecule has 46 heavy (non-hydrogen) atoms. The van der Waals surface area contributed by atoms with E-state index in [1.807, 2.05) is 60.7 Å². The van der Waals surface area contributed by atoms with Crippen LogP contribution in [-0.2, 0) is 54.9 Å². The van der Waals surface area contributed by atoms with Gasteiger partial charge in [-0.2, -0.15) is 0 Å². The third-order valence-corrected chi connectivity index (χ3v) is 7.25. The highest BCUT2D eigenvalue weighted by Crippen LogP contribution is 2.50. The van der Waals surface area contributed by atoms with E-state index in [0.29, 0.717) is 12.8 Å². The summed E-state index contributed by atoms with van der Waals surface area (Å²) in [6, 6.07) is 19.1. The molecule has 0 radical (unpaired) electrons. The molecule has 0 saturated carbocycles. The molecule has 0 atom stereocenters.